The van der Waals surface area contributed by atoms with Gasteiger partial charge in [0.25, 0.3) is 0 Å². The van der Waals surface area contributed by atoms with Gasteiger partial charge in [-0.05, 0) is 53.1 Å². The van der Waals surface area contributed by atoms with Gasteiger partial charge in [0.1, 0.15) is 11.7 Å². The number of amides is 1. The van der Waals surface area contributed by atoms with Crippen molar-refractivity contribution in [1.82, 2.24) is 4.90 Å². The zero-order chi connectivity index (χ0) is 20.0. The van der Waals surface area contributed by atoms with Crippen molar-refractivity contribution < 1.29 is 14.7 Å². The van der Waals surface area contributed by atoms with E-state index in [2.05, 4.69) is 12.1 Å². The van der Waals surface area contributed by atoms with E-state index in [4.69, 9.17) is 0 Å². The third-order valence-corrected chi connectivity index (χ3v) is 7.59. The minimum Gasteiger partial charge on any atom is -0.507 e. The van der Waals surface area contributed by atoms with E-state index in [-0.39, 0.29) is 35.0 Å². The molecule has 1 unspecified atom stereocenters. The lowest BCUT2D eigenvalue weighted by Gasteiger charge is -2.22. The number of nitrogens with zero attached hydrogens (tertiary/aromatic N) is 1. The van der Waals surface area contributed by atoms with Gasteiger partial charge in [-0.2, -0.15) is 0 Å². The Morgan fingerprint density at radius 1 is 1.07 bits per heavy atom. The number of rotatable bonds is 4. The first-order chi connectivity index (χ1) is 14.1. The number of thiophene rings is 2. The summed E-state index contributed by atoms with van der Waals surface area (Å²) in [7, 11) is 0. The molecule has 2 saturated heterocycles. The summed E-state index contributed by atoms with van der Waals surface area (Å²) >= 11 is 3.26. The molecule has 1 N–H and O–H groups in total. The molecule has 2 aliphatic rings. The van der Waals surface area contributed by atoms with Crippen LogP contribution < -0.4 is 0 Å². The number of ketones is 1. The van der Waals surface area contributed by atoms with E-state index in [0.717, 1.165) is 16.2 Å². The third kappa shape index (κ3) is 3.03. The average Bonchev–Trinajstić information content (AvgIpc) is 3.49. The van der Waals surface area contributed by atoms with Crippen LogP contribution in [-0.4, -0.2) is 34.3 Å². The van der Waals surface area contributed by atoms with E-state index in [1.54, 1.807) is 40.9 Å². The molecular weight excluding hydrogens is 402 g/mol. The molecule has 0 radical (unpaired) electrons. The van der Waals surface area contributed by atoms with Crippen molar-refractivity contribution in [2.45, 2.75) is 18.4 Å². The van der Waals surface area contributed by atoms with Crippen molar-refractivity contribution in [2.24, 2.45) is 5.92 Å². The lowest BCUT2D eigenvalue weighted by molar-refractivity contribution is -0.129. The lowest BCUT2D eigenvalue weighted by atomic mass is 9.81. The molecule has 1 aromatic carbocycles. The fourth-order valence-corrected chi connectivity index (χ4v) is 6.15. The minimum atomic E-state index is -0.806. The number of benzene rings is 1. The van der Waals surface area contributed by atoms with Crippen molar-refractivity contribution in [2.75, 3.05) is 6.54 Å². The van der Waals surface area contributed by atoms with Crippen LogP contribution in [-0.2, 0) is 4.79 Å². The van der Waals surface area contributed by atoms with Crippen LogP contribution in [0.5, 0.6) is 5.75 Å². The summed E-state index contributed by atoms with van der Waals surface area (Å²) in [6, 6.07) is 14.5. The van der Waals surface area contributed by atoms with Gasteiger partial charge in [-0.15, -0.1) is 22.7 Å². The molecule has 4 nitrogen and oxygen atoms in total. The normalized spacial score (nSPS) is 25.0. The quantitative estimate of drug-likeness (QED) is 0.486. The molecular formula is C23H19NO3S2. The van der Waals surface area contributed by atoms with Gasteiger partial charge in [0.15, 0.2) is 5.78 Å². The van der Waals surface area contributed by atoms with Gasteiger partial charge >= 0.3 is 0 Å². The van der Waals surface area contributed by atoms with Gasteiger partial charge < -0.3 is 10.0 Å². The minimum absolute atomic E-state index is 0.0726. The van der Waals surface area contributed by atoms with Crippen molar-refractivity contribution in [3.63, 3.8) is 0 Å². The maximum atomic E-state index is 13.4. The molecule has 0 saturated carbocycles. The van der Waals surface area contributed by atoms with Crippen molar-refractivity contribution in [3.8, 4) is 5.75 Å². The van der Waals surface area contributed by atoms with E-state index < -0.39 is 5.92 Å². The Labute approximate surface area is 176 Å². The summed E-state index contributed by atoms with van der Waals surface area (Å²) in [6.45, 7) is 0.632. The number of phenolic OH excluding ortho intramolecular Hbond substituents is 1. The molecule has 0 aliphatic carbocycles. The molecule has 5 rings (SSSR count). The molecule has 1 amide bonds. The van der Waals surface area contributed by atoms with Gasteiger partial charge in [-0.3, -0.25) is 9.59 Å². The highest BCUT2D eigenvalue weighted by molar-refractivity contribution is 7.11. The first-order valence-corrected chi connectivity index (χ1v) is 11.3. The van der Waals surface area contributed by atoms with Crippen LogP contribution in [0.3, 0.4) is 0 Å². The Bertz CT molecular complexity index is 1090. The van der Waals surface area contributed by atoms with Gasteiger partial charge in [-0.25, -0.2) is 0 Å². The Balaban J connectivity index is 1.60. The second-order valence-electron chi connectivity index (χ2n) is 7.36. The zero-order valence-corrected chi connectivity index (χ0v) is 17.2. The molecule has 4 heterocycles. The molecule has 2 aromatic heterocycles. The first kappa shape index (κ1) is 18.3. The highest BCUT2D eigenvalue weighted by atomic mass is 32.1. The van der Waals surface area contributed by atoms with Crippen molar-refractivity contribution in [1.29, 1.82) is 0 Å². The van der Waals surface area contributed by atoms with Gasteiger partial charge in [0, 0.05) is 22.2 Å². The predicted molar refractivity (Wildman–Crippen MR) is 115 cm³/mol. The van der Waals surface area contributed by atoms with Gasteiger partial charge in [0.2, 0.25) is 5.91 Å². The topological polar surface area (TPSA) is 57.6 Å². The third-order valence-electron chi connectivity index (χ3n) is 5.80. The average molecular weight is 422 g/mol. The second kappa shape index (κ2) is 7.28. The highest BCUT2D eigenvalue weighted by Gasteiger charge is 2.55. The number of Topliss-reactive ketones (excluding diaryl/α,β-unsaturated/α-hetero) is 1. The molecule has 0 spiro atoms. The highest BCUT2D eigenvalue weighted by Crippen LogP contribution is 2.49. The summed E-state index contributed by atoms with van der Waals surface area (Å²) in [5, 5.41) is 14.2. The van der Waals surface area contributed by atoms with Crippen LogP contribution >= 0.6 is 22.7 Å². The SMILES string of the molecule is O=C(c1ccccc1O)[C@H]1C(=O)N2CC/C(=C\c3cccs3)C2[C@@H]1c1cccs1. The Hall–Kier alpha value is -2.70. The van der Waals surface area contributed by atoms with Crippen LogP contribution in [0.25, 0.3) is 6.08 Å². The lowest BCUT2D eigenvalue weighted by Crippen LogP contribution is -2.31. The zero-order valence-electron chi connectivity index (χ0n) is 15.5. The van der Waals surface area contributed by atoms with E-state index in [1.807, 2.05) is 33.9 Å². The van der Waals surface area contributed by atoms with Crippen LogP contribution in [0.2, 0.25) is 0 Å². The van der Waals surface area contributed by atoms with E-state index >= 15 is 0 Å². The molecule has 2 aliphatic heterocycles. The monoisotopic (exact) mass is 421 g/mol. The Kier molecular flexibility index (Phi) is 4.60. The summed E-state index contributed by atoms with van der Waals surface area (Å²) in [5.41, 5.74) is 1.42. The molecule has 29 heavy (non-hydrogen) atoms. The maximum absolute atomic E-state index is 13.4. The molecule has 2 fully saturated rings. The van der Waals surface area contributed by atoms with E-state index in [9.17, 15) is 14.7 Å². The standard InChI is InChI=1S/C23H19NO3S2/c25-17-7-2-1-6-16(17)22(26)20-19(18-8-4-12-29-18)21-14(9-10-24(21)23(20)27)13-15-5-3-11-28-15/h1-8,11-13,19-21,25H,9-10H2/b14-13+/t19-,20+,21?/m1/s1. The summed E-state index contributed by atoms with van der Waals surface area (Å²) in [5.74, 6) is -1.54. The van der Waals surface area contributed by atoms with Crippen molar-refractivity contribution in [3.05, 3.63) is 80.2 Å². The van der Waals surface area contributed by atoms with E-state index in [0.29, 0.717) is 6.54 Å². The predicted octanol–water partition coefficient (Wildman–Crippen LogP) is 4.80. The van der Waals surface area contributed by atoms with Crippen molar-refractivity contribution >= 4 is 40.4 Å². The number of hydrogen-bond donors (Lipinski definition) is 1. The van der Waals surface area contributed by atoms with Crippen LogP contribution in [0.1, 0.15) is 32.5 Å². The van der Waals surface area contributed by atoms with E-state index in [1.165, 1.54) is 11.6 Å². The first-order valence-electron chi connectivity index (χ1n) is 9.55. The number of fused-ring (bicyclic) bond motifs is 1. The smallest absolute Gasteiger partial charge is 0.234 e. The Morgan fingerprint density at radius 3 is 2.59 bits per heavy atom. The molecule has 0 bridgehead atoms. The maximum Gasteiger partial charge on any atom is 0.234 e. The largest absolute Gasteiger partial charge is 0.507 e. The van der Waals surface area contributed by atoms with Crippen LogP contribution in [0, 0.1) is 5.92 Å². The van der Waals surface area contributed by atoms with Gasteiger partial charge in [-0.1, -0.05) is 24.3 Å². The molecule has 3 atom stereocenters. The van der Waals surface area contributed by atoms with Gasteiger partial charge in [0.05, 0.1) is 11.6 Å². The number of hydrogen-bond acceptors (Lipinski definition) is 5. The number of para-hydroxylation sites is 1. The van der Waals surface area contributed by atoms with Crippen LogP contribution in [0.15, 0.2) is 64.9 Å². The fraction of sp³-hybridized carbons (Fsp3) is 0.217. The number of phenols is 1. The van der Waals surface area contributed by atoms with Crippen LogP contribution in [0.4, 0.5) is 0 Å². The summed E-state index contributed by atoms with van der Waals surface area (Å²) in [4.78, 5) is 30.9. The number of aromatic hydroxyl groups is 1. The Morgan fingerprint density at radius 2 is 1.86 bits per heavy atom. The fourth-order valence-electron chi connectivity index (χ4n) is 4.56. The molecule has 3 aromatic rings. The molecule has 6 heteroatoms. The number of carbonyl (C=O) groups excluding carboxylic acids is 2. The summed E-state index contributed by atoms with van der Waals surface area (Å²) in [6.07, 6.45) is 3.00. The second-order valence-corrected chi connectivity index (χ2v) is 9.32. The summed E-state index contributed by atoms with van der Waals surface area (Å²) < 4.78 is 0. The number of carbonyl (C=O) groups is 2. The molecule has 146 valence electrons.